The van der Waals surface area contributed by atoms with Gasteiger partial charge in [-0.25, -0.2) is 4.98 Å². The third kappa shape index (κ3) is 4.58. The molecule has 0 spiro atoms. The fraction of sp³-hybridized carbons (Fsp3) is 0.227. The van der Waals surface area contributed by atoms with Gasteiger partial charge in [0.05, 0.1) is 43.8 Å². The van der Waals surface area contributed by atoms with Gasteiger partial charge in [-0.2, -0.15) is 5.26 Å². The van der Waals surface area contributed by atoms with Crippen LogP contribution in [0.1, 0.15) is 11.1 Å². The van der Waals surface area contributed by atoms with Crippen LogP contribution in [-0.2, 0) is 4.79 Å². The molecule has 2 aromatic carbocycles. The number of ether oxygens (including phenoxy) is 3. The van der Waals surface area contributed by atoms with Gasteiger partial charge < -0.3 is 19.5 Å². The third-order valence-corrected chi connectivity index (χ3v) is 5.37. The Morgan fingerprint density at radius 3 is 2.43 bits per heavy atom. The van der Waals surface area contributed by atoms with E-state index in [1.165, 1.54) is 11.8 Å². The maximum atomic E-state index is 12.5. The van der Waals surface area contributed by atoms with Gasteiger partial charge in [0.2, 0.25) is 5.91 Å². The van der Waals surface area contributed by atoms with E-state index in [-0.39, 0.29) is 11.7 Å². The Bertz CT molecular complexity index is 1140. The van der Waals surface area contributed by atoms with Crippen LogP contribution < -0.4 is 19.5 Å². The number of benzene rings is 2. The quantitative estimate of drug-likeness (QED) is 0.570. The zero-order valence-electron chi connectivity index (χ0n) is 17.1. The second-order valence-electron chi connectivity index (χ2n) is 6.39. The molecule has 0 unspecified atom stereocenters. The summed E-state index contributed by atoms with van der Waals surface area (Å²) in [6.45, 7) is 1.94. The molecule has 0 aliphatic rings. The van der Waals surface area contributed by atoms with Crippen LogP contribution in [0.25, 0.3) is 10.9 Å². The Labute approximate surface area is 179 Å². The van der Waals surface area contributed by atoms with E-state index in [9.17, 15) is 10.1 Å². The number of pyridine rings is 1. The predicted molar refractivity (Wildman–Crippen MR) is 117 cm³/mol. The van der Waals surface area contributed by atoms with Crippen LogP contribution in [0.2, 0.25) is 0 Å². The van der Waals surface area contributed by atoms with E-state index in [0.29, 0.717) is 39.0 Å². The second-order valence-corrected chi connectivity index (χ2v) is 7.36. The van der Waals surface area contributed by atoms with E-state index in [2.05, 4.69) is 16.4 Å². The lowest BCUT2D eigenvalue weighted by Crippen LogP contribution is -2.15. The van der Waals surface area contributed by atoms with Gasteiger partial charge in [0.15, 0.2) is 11.5 Å². The van der Waals surface area contributed by atoms with E-state index < -0.39 is 0 Å². The largest absolute Gasteiger partial charge is 0.495 e. The van der Waals surface area contributed by atoms with Crippen LogP contribution in [0.5, 0.6) is 17.2 Å². The first-order valence-electron chi connectivity index (χ1n) is 9.03. The van der Waals surface area contributed by atoms with Crippen LogP contribution in [0, 0.1) is 18.3 Å². The van der Waals surface area contributed by atoms with E-state index in [1.54, 1.807) is 45.6 Å². The molecule has 1 amide bonds. The number of aryl methyl sites for hydroxylation is 1. The summed E-state index contributed by atoms with van der Waals surface area (Å²) in [6, 6.07) is 12.9. The maximum absolute atomic E-state index is 12.5. The summed E-state index contributed by atoms with van der Waals surface area (Å²) in [4.78, 5) is 17.0. The van der Waals surface area contributed by atoms with Crippen molar-refractivity contribution in [2.75, 3.05) is 32.4 Å². The minimum Gasteiger partial charge on any atom is -0.495 e. The Balaban J connectivity index is 1.82. The number of carbonyl (C=O) groups excluding carboxylic acids is 1. The summed E-state index contributed by atoms with van der Waals surface area (Å²) >= 11 is 1.20. The van der Waals surface area contributed by atoms with E-state index in [1.807, 2.05) is 19.1 Å². The van der Waals surface area contributed by atoms with Gasteiger partial charge in [0.25, 0.3) is 0 Å². The van der Waals surface area contributed by atoms with Crippen molar-refractivity contribution in [3.63, 3.8) is 0 Å². The molecular weight excluding hydrogens is 402 g/mol. The predicted octanol–water partition coefficient (Wildman–Crippen LogP) is 4.17. The molecular formula is C22H21N3O4S. The van der Waals surface area contributed by atoms with Crippen molar-refractivity contribution in [2.24, 2.45) is 0 Å². The molecule has 0 saturated carbocycles. The summed E-state index contributed by atoms with van der Waals surface area (Å²) in [7, 11) is 4.65. The maximum Gasteiger partial charge on any atom is 0.234 e. The van der Waals surface area contributed by atoms with Gasteiger partial charge in [-0.3, -0.25) is 4.79 Å². The number of hydrogen-bond donors (Lipinski definition) is 1. The summed E-state index contributed by atoms with van der Waals surface area (Å²) in [5.74, 6) is 1.56. The Hall–Kier alpha value is -3.44. The first kappa shape index (κ1) is 21.3. The topological polar surface area (TPSA) is 93.5 Å². The number of hydrogen-bond acceptors (Lipinski definition) is 7. The molecule has 30 heavy (non-hydrogen) atoms. The number of carbonyl (C=O) groups is 1. The third-order valence-electron chi connectivity index (χ3n) is 4.37. The Morgan fingerprint density at radius 2 is 1.77 bits per heavy atom. The molecule has 1 heterocycles. The summed E-state index contributed by atoms with van der Waals surface area (Å²) in [5, 5.41) is 13.6. The van der Waals surface area contributed by atoms with E-state index in [0.717, 1.165) is 10.9 Å². The molecule has 0 fully saturated rings. The first-order valence-corrected chi connectivity index (χ1v) is 10.0. The standard InChI is InChI=1S/C22H21N3O4S/c1-13-5-6-18(27-2)17(7-13)24-21(26)12-30-22-15(11-23)8-14-9-19(28-3)20(29-4)10-16(14)25-22/h5-10H,12H2,1-4H3,(H,24,26). The summed E-state index contributed by atoms with van der Waals surface area (Å²) in [6.07, 6.45) is 0. The lowest BCUT2D eigenvalue weighted by molar-refractivity contribution is -0.113. The number of aromatic nitrogens is 1. The van der Waals surface area contributed by atoms with Crippen molar-refractivity contribution < 1.29 is 19.0 Å². The fourth-order valence-electron chi connectivity index (χ4n) is 2.91. The molecule has 0 aliphatic carbocycles. The Kier molecular flexibility index (Phi) is 6.65. The second kappa shape index (κ2) is 9.37. The van der Waals surface area contributed by atoms with Crippen LogP contribution in [-0.4, -0.2) is 38.0 Å². The number of fused-ring (bicyclic) bond motifs is 1. The number of rotatable bonds is 7. The average molecular weight is 423 g/mol. The van der Waals surface area contributed by atoms with Crippen molar-refractivity contribution >= 4 is 34.3 Å². The van der Waals surface area contributed by atoms with Gasteiger partial charge in [0.1, 0.15) is 16.8 Å². The normalized spacial score (nSPS) is 10.4. The highest BCUT2D eigenvalue weighted by Crippen LogP contribution is 2.34. The highest BCUT2D eigenvalue weighted by molar-refractivity contribution is 8.00. The minimum atomic E-state index is -0.220. The molecule has 7 nitrogen and oxygen atoms in total. The van der Waals surface area contributed by atoms with Crippen molar-refractivity contribution in [3.8, 4) is 23.3 Å². The Morgan fingerprint density at radius 1 is 1.07 bits per heavy atom. The molecule has 0 radical (unpaired) electrons. The van der Waals surface area contributed by atoms with Crippen LogP contribution >= 0.6 is 11.8 Å². The number of nitriles is 1. The van der Waals surface area contributed by atoms with E-state index >= 15 is 0 Å². The molecule has 0 bridgehead atoms. The number of amides is 1. The van der Waals surface area contributed by atoms with E-state index in [4.69, 9.17) is 14.2 Å². The monoisotopic (exact) mass is 423 g/mol. The molecule has 8 heteroatoms. The number of thioether (sulfide) groups is 1. The lowest BCUT2D eigenvalue weighted by Gasteiger charge is -2.12. The van der Waals surface area contributed by atoms with Crippen LogP contribution in [0.15, 0.2) is 41.4 Å². The summed E-state index contributed by atoms with van der Waals surface area (Å²) in [5.41, 5.74) is 2.65. The molecule has 0 aliphatic heterocycles. The summed E-state index contributed by atoms with van der Waals surface area (Å²) < 4.78 is 15.9. The smallest absolute Gasteiger partial charge is 0.234 e. The zero-order valence-corrected chi connectivity index (χ0v) is 17.9. The average Bonchev–Trinajstić information content (AvgIpc) is 2.76. The van der Waals surface area contributed by atoms with Crippen molar-refractivity contribution in [1.82, 2.24) is 4.98 Å². The fourth-order valence-corrected chi connectivity index (χ4v) is 3.68. The molecule has 1 N–H and O–H groups in total. The van der Waals surface area contributed by atoms with Crippen molar-refractivity contribution in [2.45, 2.75) is 11.9 Å². The molecule has 0 saturated heterocycles. The number of anilines is 1. The van der Waals surface area contributed by atoms with Gasteiger partial charge in [0, 0.05) is 11.5 Å². The van der Waals surface area contributed by atoms with Crippen molar-refractivity contribution in [1.29, 1.82) is 5.26 Å². The van der Waals surface area contributed by atoms with Crippen molar-refractivity contribution in [3.05, 3.63) is 47.5 Å². The molecule has 3 rings (SSSR count). The van der Waals surface area contributed by atoms with Gasteiger partial charge in [-0.05, 0) is 36.8 Å². The minimum absolute atomic E-state index is 0.0948. The molecule has 3 aromatic rings. The number of methoxy groups -OCH3 is 3. The first-order chi connectivity index (χ1) is 14.5. The number of nitrogens with one attached hydrogen (secondary N) is 1. The van der Waals surface area contributed by atoms with Crippen LogP contribution in [0.3, 0.4) is 0 Å². The lowest BCUT2D eigenvalue weighted by atomic mass is 10.1. The van der Waals surface area contributed by atoms with Gasteiger partial charge in [-0.15, -0.1) is 0 Å². The number of nitrogens with zero attached hydrogens (tertiary/aromatic N) is 2. The highest BCUT2D eigenvalue weighted by Gasteiger charge is 2.14. The van der Waals surface area contributed by atoms with Gasteiger partial charge in [-0.1, -0.05) is 17.8 Å². The molecule has 154 valence electrons. The molecule has 1 aromatic heterocycles. The zero-order chi connectivity index (χ0) is 21.7. The SMILES string of the molecule is COc1ccc(C)cc1NC(=O)CSc1nc2cc(OC)c(OC)cc2cc1C#N. The molecule has 0 atom stereocenters. The van der Waals surface area contributed by atoms with Crippen LogP contribution in [0.4, 0.5) is 5.69 Å². The highest BCUT2D eigenvalue weighted by atomic mass is 32.2. The van der Waals surface area contributed by atoms with Gasteiger partial charge >= 0.3 is 0 Å².